The molecule has 0 aliphatic rings. The predicted octanol–water partition coefficient (Wildman–Crippen LogP) is -3.60. The summed E-state index contributed by atoms with van der Waals surface area (Å²) in [5.74, 6) is 0. The Morgan fingerprint density at radius 2 is 2.08 bits per heavy atom. The molecule has 0 fully saturated rings. The highest BCUT2D eigenvalue weighted by molar-refractivity contribution is 5.58. The molecule has 0 atom stereocenters. The highest BCUT2D eigenvalue weighted by Crippen LogP contribution is 2.12. The van der Waals surface area contributed by atoms with E-state index in [0.29, 0.717) is 0 Å². The minimum Gasteiger partial charge on any atom is -1.00 e. The van der Waals surface area contributed by atoms with Gasteiger partial charge in [0, 0.05) is 11.8 Å². The van der Waals surface area contributed by atoms with Gasteiger partial charge in [-0.15, -0.1) is 5.10 Å². The SMILES string of the molecule is O.[Br-].c1n[nH]cc1-c1c[nH][nH+]c1. The van der Waals surface area contributed by atoms with E-state index < -0.39 is 0 Å². The summed E-state index contributed by atoms with van der Waals surface area (Å²) in [7, 11) is 0. The molecule has 5 nitrogen and oxygen atoms in total. The molecule has 0 amide bonds. The molecular weight excluding hydrogens is 224 g/mol. The van der Waals surface area contributed by atoms with Crippen molar-refractivity contribution in [2.24, 2.45) is 0 Å². The standard InChI is InChI=1S/C6H6N4.BrH.H2O/c1-5(2-8-7-1)6-3-9-10-4-6;;/h1-4H,(H,7,8)(H,9,10);1H;1H2. The van der Waals surface area contributed by atoms with Crippen LogP contribution in [0.4, 0.5) is 0 Å². The van der Waals surface area contributed by atoms with Crippen molar-refractivity contribution in [2.45, 2.75) is 0 Å². The Balaban J connectivity index is 0.000000605. The third kappa shape index (κ3) is 1.93. The molecule has 0 saturated heterocycles. The van der Waals surface area contributed by atoms with Gasteiger partial charge in [0.25, 0.3) is 0 Å². The second-order valence-electron chi connectivity index (χ2n) is 2.02. The molecule has 0 bridgehead atoms. The first-order valence-electron chi connectivity index (χ1n) is 3.00. The van der Waals surface area contributed by atoms with Crippen molar-refractivity contribution < 1.29 is 27.6 Å². The molecule has 2 aromatic heterocycles. The lowest BCUT2D eigenvalue weighted by Gasteiger charge is -1.79. The van der Waals surface area contributed by atoms with E-state index in [9.17, 15) is 0 Å². The van der Waals surface area contributed by atoms with Crippen LogP contribution in [0, 0.1) is 0 Å². The van der Waals surface area contributed by atoms with Crippen molar-refractivity contribution in [2.75, 3.05) is 0 Å². The third-order valence-corrected chi connectivity index (χ3v) is 1.37. The lowest BCUT2D eigenvalue weighted by Crippen LogP contribution is -3.00. The van der Waals surface area contributed by atoms with Crippen molar-refractivity contribution in [1.29, 1.82) is 0 Å². The van der Waals surface area contributed by atoms with Gasteiger partial charge in [-0.25, -0.2) is 0 Å². The van der Waals surface area contributed by atoms with E-state index in [1.54, 1.807) is 6.20 Å². The third-order valence-electron chi connectivity index (χ3n) is 1.37. The van der Waals surface area contributed by atoms with Gasteiger partial charge in [-0.3, -0.25) is 5.10 Å². The Hall–Kier alpha value is -1.14. The number of hydrogen-bond donors (Lipinski definition) is 2. The molecule has 66 valence electrons. The summed E-state index contributed by atoms with van der Waals surface area (Å²) in [6, 6.07) is 0. The smallest absolute Gasteiger partial charge is 0.200 e. The summed E-state index contributed by atoms with van der Waals surface area (Å²) in [6.07, 6.45) is 7.38. The summed E-state index contributed by atoms with van der Waals surface area (Å²) in [4.78, 5) is 0. The molecule has 5 N–H and O–H groups in total. The Morgan fingerprint density at radius 3 is 2.58 bits per heavy atom. The summed E-state index contributed by atoms with van der Waals surface area (Å²) < 4.78 is 0. The van der Waals surface area contributed by atoms with Crippen LogP contribution >= 0.6 is 0 Å². The number of aromatic amines is 3. The van der Waals surface area contributed by atoms with Crippen molar-refractivity contribution in [3.63, 3.8) is 0 Å². The van der Waals surface area contributed by atoms with E-state index >= 15 is 0 Å². The van der Waals surface area contributed by atoms with Crippen LogP contribution in [-0.4, -0.2) is 20.8 Å². The van der Waals surface area contributed by atoms with E-state index in [4.69, 9.17) is 0 Å². The van der Waals surface area contributed by atoms with Gasteiger partial charge in [-0.2, -0.15) is 10.2 Å². The maximum atomic E-state index is 3.83. The molecule has 0 aliphatic heterocycles. The fraction of sp³-hybridized carbons (Fsp3) is 0. The number of halogens is 1. The van der Waals surface area contributed by atoms with E-state index in [0.717, 1.165) is 11.1 Å². The van der Waals surface area contributed by atoms with Crippen LogP contribution in [0.2, 0.25) is 0 Å². The average molecular weight is 233 g/mol. The molecular formula is C6H9BrN4O. The fourth-order valence-electron chi connectivity index (χ4n) is 0.856. The Kier molecular flexibility index (Phi) is 4.24. The molecule has 0 radical (unpaired) electrons. The molecule has 2 heterocycles. The predicted molar refractivity (Wildman–Crippen MR) is 38.5 cm³/mol. The molecule has 2 aromatic rings. The average Bonchev–Trinajstić information content (AvgIpc) is 2.59. The maximum Gasteiger partial charge on any atom is 0.200 e. The zero-order chi connectivity index (χ0) is 6.81. The van der Waals surface area contributed by atoms with E-state index in [1.165, 1.54) is 0 Å². The van der Waals surface area contributed by atoms with Crippen LogP contribution in [0.1, 0.15) is 0 Å². The second kappa shape index (κ2) is 4.68. The Morgan fingerprint density at radius 1 is 1.25 bits per heavy atom. The molecule has 0 aromatic carbocycles. The first-order valence-corrected chi connectivity index (χ1v) is 3.00. The van der Waals surface area contributed by atoms with Gasteiger partial charge in [-0.1, -0.05) is 0 Å². The molecule has 12 heavy (non-hydrogen) atoms. The number of hydrogen-bond acceptors (Lipinski definition) is 1. The van der Waals surface area contributed by atoms with Crippen LogP contribution in [0.15, 0.2) is 24.8 Å². The van der Waals surface area contributed by atoms with E-state index in [-0.39, 0.29) is 22.5 Å². The summed E-state index contributed by atoms with van der Waals surface area (Å²) in [5.41, 5.74) is 2.19. The largest absolute Gasteiger partial charge is 1.00 e. The lowest BCUT2D eigenvalue weighted by molar-refractivity contribution is -0.448. The first-order chi connectivity index (χ1) is 4.97. The quantitative estimate of drug-likeness (QED) is 0.523. The summed E-state index contributed by atoms with van der Waals surface area (Å²) in [5, 5.41) is 12.3. The fourth-order valence-corrected chi connectivity index (χ4v) is 0.856. The number of rotatable bonds is 1. The number of nitrogens with one attached hydrogen (secondary N) is 3. The van der Waals surface area contributed by atoms with Gasteiger partial charge in [-0.05, 0) is 0 Å². The first kappa shape index (κ1) is 10.9. The van der Waals surface area contributed by atoms with Gasteiger partial charge in [0.2, 0.25) is 6.20 Å². The summed E-state index contributed by atoms with van der Waals surface area (Å²) >= 11 is 0. The molecule has 0 aliphatic carbocycles. The van der Waals surface area contributed by atoms with Gasteiger partial charge < -0.3 is 22.5 Å². The van der Waals surface area contributed by atoms with Crippen molar-refractivity contribution >= 4 is 0 Å². The lowest BCUT2D eigenvalue weighted by atomic mass is 10.2. The Bertz CT molecular complexity index is 259. The molecule has 6 heteroatoms. The van der Waals surface area contributed by atoms with Crippen LogP contribution < -0.4 is 22.1 Å². The van der Waals surface area contributed by atoms with Crippen molar-refractivity contribution in [3.05, 3.63) is 24.8 Å². The maximum absolute atomic E-state index is 3.83. The zero-order valence-corrected chi connectivity index (χ0v) is 7.72. The number of H-pyrrole nitrogens is 3. The van der Waals surface area contributed by atoms with Crippen LogP contribution in [0.25, 0.3) is 11.1 Å². The van der Waals surface area contributed by atoms with E-state index in [2.05, 4.69) is 20.4 Å². The minimum atomic E-state index is 0. The highest BCUT2D eigenvalue weighted by Gasteiger charge is 2.00. The number of aromatic nitrogens is 4. The van der Waals surface area contributed by atoms with Gasteiger partial charge >= 0.3 is 0 Å². The molecule has 0 saturated carbocycles. The summed E-state index contributed by atoms with van der Waals surface area (Å²) in [6.45, 7) is 0. The van der Waals surface area contributed by atoms with Gasteiger partial charge in [0.1, 0.15) is 0 Å². The van der Waals surface area contributed by atoms with Crippen molar-refractivity contribution in [1.82, 2.24) is 15.3 Å². The number of nitrogens with zero attached hydrogens (tertiary/aromatic N) is 1. The molecule has 0 unspecified atom stereocenters. The molecule has 0 spiro atoms. The normalized spacial score (nSPS) is 8.33. The van der Waals surface area contributed by atoms with Gasteiger partial charge in [0.05, 0.1) is 18.0 Å². The van der Waals surface area contributed by atoms with Crippen LogP contribution in [0.5, 0.6) is 0 Å². The minimum absolute atomic E-state index is 0. The highest BCUT2D eigenvalue weighted by atomic mass is 79.9. The monoisotopic (exact) mass is 232 g/mol. The zero-order valence-electron chi connectivity index (χ0n) is 6.13. The topological polar surface area (TPSA) is 90.1 Å². The second-order valence-corrected chi connectivity index (χ2v) is 2.02. The molecule has 2 rings (SSSR count). The van der Waals surface area contributed by atoms with Gasteiger partial charge in [0.15, 0.2) is 0 Å². The van der Waals surface area contributed by atoms with Crippen LogP contribution in [-0.2, 0) is 0 Å². The van der Waals surface area contributed by atoms with Crippen LogP contribution in [0.3, 0.4) is 0 Å². The van der Waals surface area contributed by atoms with E-state index in [1.807, 2.05) is 18.6 Å². The Labute approximate surface area is 79.3 Å². The van der Waals surface area contributed by atoms with Crippen molar-refractivity contribution in [3.8, 4) is 11.1 Å².